The van der Waals surface area contributed by atoms with Gasteiger partial charge in [-0.3, -0.25) is 0 Å². The molecular formula is C15H19N3O2. The lowest BCUT2D eigenvalue weighted by molar-refractivity contribution is 0.180. The van der Waals surface area contributed by atoms with E-state index in [4.69, 9.17) is 4.74 Å². The summed E-state index contributed by atoms with van der Waals surface area (Å²) < 4.78 is 7.66. The lowest BCUT2D eigenvalue weighted by Gasteiger charge is -2.11. The first-order valence-corrected chi connectivity index (χ1v) is 6.97. The topological polar surface area (TPSA) is 60.2 Å². The summed E-state index contributed by atoms with van der Waals surface area (Å²) in [5.41, 5.74) is 2.21. The smallest absolute Gasteiger partial charge is 0.165 e. The minimum Gasteiger partial charge on any atom is -0.486 e. The van der Waals surface area contributed by atoms with Crippen molar-refractivity contribution >= 4 is 0 Å². The van der Waals surface area contributed by atoms with E-state index >= 15 is 0 Å². The summed E-state index contributed by atoms with van der Waals surface area (Å²) >= 11 is 0. The maximum absolute atomic E-state index is 9.79. The third-order valence-corrected chi connectivity index (χ3v) is 3.66. The Hall–Kier alpha value is -1.88. The first-order valence-electron chi connectivity index (χ1n) is 6.97. The number of ether oxygens (including phenoxy) is 1. The number of rotatable bonds is 4. The van der Waals surface area contributed by atoms with Gasteiger partial charge in [0.15, 0.2) is 5.82 Å². The molecule has 1 aliphatic carbocycles. The van der Waals surface area contributed by atoms with Crippen molar-refractivity contribution in [2.75, 3.05) is 0 Å². The van der Waals surface area contributed by atoms with Gasteiger partial charge in [0, 0.05) is 6.04 Å². The van der Waals surface area contributed by atoms with Crippen LogP contribution in [0.25, 0.3) is 0 Å². The molecule has 0 saturated heterocycles. The van der Waals surface area contributed by atoms with Gasteiger partial charge in [0.25, 0.3) is 0 Å². The second kappa shape index (κ2) is 5.25. The molecule has 2 aromatic rings. The number of hydrogen-bond donors (Lipinski definition) is 1. The van der Waals surface area contributed by atoms with Gasteiger partial charge in [0.1, 0.15) is 18.7 Å². The van der Waals surface area contributed by atoms with Gasteiger partial charge in [-0.25, -0.2) is 9.67 Å². The van der Waals surface area contributed by atoms with Crippen molar-refractivity contribution in [1.82, 2.24) is 14.8 Å². The molecule has 1 heterocycles. The SMILES string of the molecule is CC(C)n1ncnc1COc1ccc2c(c1)CC[C@H]2O. The number of aryl methyl sites for hydroxylation is 1. The number of fused-ring (bicyclic) bond motifs is 1. The minimum atomic E-state index is -0.317. The number of aliphatic hydroxyl groups is 1. The maximum atomic E-state index is 9.79. The molecule has 5 nitrogen and oxygen atoms in total. The van der Waals surface area contributed by atoms with Crippen LogP contribution in [0.3, 0.4) is 0 Å². The van der Waals surface area contributed by atoms with Gasteiger partial charge in [0.05, 0.1) is 6.10 Å². The van der Waals surface area contributed by atoms with E-state index in [0.29, 0.717) is 6.61 Å². The molecule has 1 N–H and O–H groups in total. The molecule has 0 spiro atoms. The van der Waals surface area contributed by atoms with Crippen LogP contribution in [0.1, 0.15) is 49.4 Å². The third kappa shape index (κ3) is 2.41. The van der Waals surface area contributed by atoms with Crippen LogP contribution < -0.4 is 4.74 Å². The van der Waals surface area contributed by atoms with Crippen LogP contribution in [0.5, 0.6) is 5.75 Å². The highest BCUT2D eigenvalue weighted by Gasteiger charge is 2.20. The summed E-state index contributed by atoms with van der Waals surface area (Å²) in [5, 5.41) is 14.0. The van der Waals surface area contributed by atoms with Crippen molar-refractivity contribution in [3.8, 4) is 5.75 Å². The van der Waals surface area contributed by atoms with Crippen LogP contribution in [0.4, 0.5) is 0 Å². The fourth-order valence-corrected chi connectivity index (χ4v) is 2.62. The standard InChI is InChI=1S/C15H19N3O2/c1-10(2)18-15(16-9-17-18)8-20-12-4-5-13-11(7-12)3-6-14(13)19/h4-5,7,9-10,14,19H,3,6,8H2,1-2H3/t14-/m1/s1. The largest absolute Gasteiger partial charge is 0.486 e. The van der Waals surface area contributed by atoms with Gasteiger partial charge < -0.3 is 9.84 Å². The molecule has 5 heteroatoms. The first kappa shape index (κ1) is 13.1. The molecule has 106 valence electrons. The fraction of sp³-hybridized carbons (Fsp3) is 0.467. The fourth-order valence-electron chi connectivity index (χ4n) is 2.62. The molecule has 0 fully saturated rings. The van der Waals surface area contributed by atoms with E-state index in [1.807, 2.05) is 22.9 Å². The summed E-state index contributed by atoms with van der Waals surface area (Å²) in [6.07, 6.45) is 2.96. The van der Waals surface area contributed by atoms with Crippen LogP contribution in [0.2, 0.25) is 0 Å². The van der Waals surface area contributed by atoms with E-state index in [0.717, 1.165) is 30.0 Å². The Morgan fingerprint density at radius 2 is 2.30 bits per heavy atom. The van der Waals surface area contributed by atoms with Gasteiger partial charge >= 0.3 is 0 Å². The van der Waals surface area contributed by atoms with Crippen LogP contribution >= 0.6 is 0 Å². The molecule has 1 aromatic heterocycles. The number of nitrogens with zero attached hydrogens (tertiary/aromatic N) is 3. The highest BCUT2D eigenvalue weighted by Crippen LogP contribution is 2.33. The molecule has 0 unspecified atom stereocenters. The van der Waals surface area contributed by atoms with E-state index in [1.54, 1.807) is 6.33 Å². The molecule has 0 radical (unpaired) electrons. The Labute approximate surface area is 118 Å². The van der Waals surface area contributed by atoms with Crippen LogP contribution in [-0.2, 0) is 13.0 Å². The van der Waals surface area contributed by atoms with Crippen molar-refractivity contribution in [1.29, 1.82) is 0 Å². The van der Waals surface area contributed by atoms with Crippen LogP contribution in [-0.4, -0.2) is 19.9 Å². The summed E-state index contributed by atoms with van der Waals surface area (Å²) in [7, 11) is 0. The number of benzene rings is 1. The Balaban J connectivity index is 1.71. The predicted octanol–water partition coefficient (Wildman–Crippen LogP) is 2.42. The maximum Gasteiger partial charge on any atom is 0.165 e. The van der Waals surface area contributed by atoms with Gasteiger partial charge in [-0.05, 0) is 49.9 Å². The molecule has 1 atom stereocenters. The molecule has 0 saturated carbocycles. The average Bonchev–Trinajstić information content (AvgIpc) is 3.03. The van der Waals surface area contributed by atoms with Gasteiger partial charge in [-0.2, -0.15) is 5.10 Å². The zero-order valence-corrected chi connectivity index (χ0v) is 11.8. The van der Waals surface area contributed by atoms with Gasteiger partial charge in [-0.1, -0.05) is 6.07 Å². The summed E-state index contributed by atoms with van der Waals surface area (Å²) in [5.74, 6) is 1.64. The predicted molar refractivity (Wildman–Crippen MR) is 74.5 cm³/mol. The third-order valence-electron chi connectivity index (χ3n) is 3.66. The molecule has 1 aliphatic rings. The molecule has 0 aliphatic heterocycles. The summed E-state index contributed by atoms with van der Waals surface area (Å²) in [4.78, 5) is 4.22. The van der Waals surface area contributed by atoms with Crippen molar-refractivity contribution in [2.24, 2.45) is 0 Å². The Morgan fingerprint density at radius 3 is 3.10 bits per heavy atom. The van der Waals surface area contributed by atoms with Crippen LogP contribution in [0, 0.1) is 0 Å². The van der Waals surface area contributed by atoms with Gasteiger partial charge in [0.2, 0.25) is 0 Å². The van der Waals surface area contributed by atoms with E-state index in [9.17, 15) is 5.11 Å². The molecule has 3 rings (SSSR count). The number of aromatic nitrogens is 3. The van der Waals surface area contributed by atoms with Crippen LogP contribution in [0.15, 0.2) is 24.5 Å². The second-order valence-corrected chi connectivity index (χ2v) is 5.42. The monoisotopic (exact) mass is 273 g/mol. The minimum absolute atomic E-state index is 0.270. The Bertz CT molecular complexity index is 607. The highest BCUT2D eigenvalue weighted by atomic mass is 16.5. The molecule has 1 aromatic carbocycles. The molecule has 20 heavy (non-hydrogen) atoms. The molecule has 0 amide bonds. The second-order valence-electron chi connectivity index (χ2n) is 5.42. The van der Waals surface area contributed by atoms with Gasteiger partial charge in [-0.15, -0.1) is 0 Å². The lowest BCUT2D eigenvalue weighted by atomic mass is 10.1. The van der Waals surface area contributed by atoms with E-state index in [2.05, 4.69) is 23.9 Å². The first-order chi connectivity index (χ1) is 9.65. The van der Waals surface area contributed by atoms with Crippen molar-refractivity contribution in [2.45, 2.75) is 45.4 Å². The normalized spacial score (nSPS) is 17.5. The lowest BCUT2D eigenvalue weighted by Crippen LogP contribution is -2.10. The summed E-state index contributed by atoms with van der Waals surface area (Å²) in [6, 6.07) is 6.15. The quantitative estimate of drug-likeness (QED) is 0.929. The van der Waals surface area contributed by atoms with Crippen molar-refractivity contribution < 1.29 is 9.84 Å². The van der Waals surface area contributed by atoms with Crippen molar-refractivity contribution in [3.05, 3.63) is 41.5 Å². The average molecular weight is 273 g/mol. The van der Waals surface area contributed by atoms with E-state index in [-0.39, 0.29) is 12.1 Å². The Morgan fingerprint density at radius 1 is 1.45 bits per heavy atom. The number of aliphatic hydroxyl groups excluding tert-OH is 1. The van der Waals surface area contributed by atoms with Crippen molar-refractivity contribution in [3.63, 3.8) is 0 Å². The zero-order valence-electron chi connectivity index (χ0n) is 11.8. The summed E-state index contributed by atoms with van der Waals surface area (Å²) in [6.45, 7) is 4.53. The van der Waals surface area contributed by atoms with E-state index in [1.165, 1.54) is 5.56 Å². The highest BCUT2D eigenvalue weighted by molar-refractivity contribution is 5.39. The zero-order chi connectivity index (χ0) is 14.1. The van der Waals surface area contributed by atoms with E-state index < -0.39 is 0 Å². The molecule has 0 bridgehead atoms. The number of hydrogen-bond acceptors (Lipinski definition) is 4. The Kier molecular flexibility index (Phi) is 3.44. The molecular weight excluding hydrogens is 254 g/mol.